The Bertz CT molecular complexity index is 401. The molecule has 1 atom stereocenters. The summed E-state index contributed by atoms with van der Waals surface area (Å²) >= 11 is 0. The van der Waals surface area contributed by atoms with E-state index < -0.39 is 8.80 Å². The van der Waals surface area contributed by atoms with Crippen LogP contribution in [0.3, 0.4) is 0 Å². The fraction of sp³-hybridized carbons (Fsp3) is 0.545. The average Bonchev–Trinajstić information content (AvgIpc) is 2.75. The number of anilines is 1. The van der Waals surface area contributed by atoms with Crippen LogP contribution in [0.2, 0.25) is 12.6 Å². The smallest absolute Gasteiger partial charge is 0.0922 e. The first kappa shape index (κ1) is 8.47. The Kier molecular flexibility index (Phi) is 1.71. The topological polar surface area (TPSA) is 38.9 Å². The number of aryl methyl sites for hydroxylation is 1. The van der Waals surface area contributed by atoms with Gasteiger partial charge in [0.1, 0.15) is 0 Å². The summed E-state index contributed by atoms with van der Waals surface area (Å²) in [5.74, 6) is 0. The van der Waals surface area contributed by atoms with Crippen LogP contribution < -0.4 is 11.1 Å². The van der Waals surface area contributed by atoms with Crippen molar-refractivity contribution in [2.45, 2.75) is 38.3 Å². The highest BCUT2D eigenvalue weighted by Crippen LogP contribution is 2.30. The van der Waals surface area contributed by atoms with Crippen LogP contribution in [0.5, 0.6) is 0 Å². The van der Waals surface area contributed by atoms with Crippen molar-refractivity contribution in [1.82, 2.24) is 4.98 Å². The van der Waals surface area contributed by atoms with Gasteiger partial charge in [-0.1, -0.05) is 12.6 Å². The van der Waals surface area contributed by atoms with Gasteiger partial charge in [-0.2, -0.15) is 0 Å². The highest BCUT2D eigenvalue weighted by atomic mass is 28.3. The van der Waals surface area contributed by atoms with E-state index in [1.165, 1.54) is 41.0 Å². The number of fused-ring (bicyclic) bond motifs is 2. The zero-order valence-corrected chi connectivity index (χ0v) is 9.79. The molecule has 0 unspecified atom stereocenters. The Morgan fingerprint density at radius 3 is 2.93 bits per heavy atom. The van der Waals surface area contributed by atoms with E-state index in [0.29, 0.717) is 0 Å². The first-order valence-electron chi connectivity index (χ1n) is 5.57. The molecule has 2 aliphatic rings. The molecule has 3 heteroatoms. The van der Waals surface area contributed by atoms with Gasteiger partial charge >= 0.3 is 0 Å². The lowest BCUT2D eigenvalue weighted by atomic mass is 10.1. The molecular formula is C11H16N2Si. The molecule has 1 aliphatic heterocycles. The molecule has 1 aromatic rings. The molecule has 14 heavy (non-hydrogen) atoms. The molecule has 2 nitrogen and oxygen atoms in total. The third-order valence-corrected chi connectivity index (χ3v) is 6.26. The van der Waals surface area contributed by atoms with E-state index in [2.05, 4.69) is 6.55 Å². The summed E-state index contributed by atoms with van der Waals surface area (Å²) in [6, 6.07) is 1.37. The standard InChI is InChI=1S/C11H16N2Si/c1-14-6-5-8-10(12)7-3-2-4-9(7)13-11(8)14/h14H,2-6H2,1H3,(H2,12,13)/t14-/m0/s1. The maximum atomic E-state index is 6.23. The van der Waals surface area contributed by atoms with Crippen molar-refractivity contribution < 1.29 is 0 Å². The summed E-state index contributed by atoms with van der Waals surface area (Å²) in [7, 11) is -0.701. The lowest BCUT2D eigenvalue weighted by molar-refractivity contribution is 0.901. The predicted octanol–water partition coefficient (Wildman–Crippen LogP) is 0.772. The Balaban J connectivity index is 2.24. The first-order valence-corrected chi connectivity index (χ1v) is 8.12. The zero-order valence-electron chi connectivity index (χ0n) is 8.64. The van der Waals surface area contributed by atoms with Crippen LogP contribution in [0.4, 0.5) is 5.69 Å². The minimum atomic E-state index is -0.701. The van der Waals surface area contributed by atoms with Crippen molar-refractivity contribution in [2.75, 3.05) is 5.73 Å². The zero-order chi connectivity index (χ0) is 9.71. The minimum absolute atomic E-state index is 0.701. The third-order valence-electron chi connectivity index (χ3n) is 3.70. The van der Waals surface area contributed by atoms with Gasteiger partial charge < -0.3 is 5.73 Å². The lowest BCUT2D eigenvalue weighted by Crippen LogP contribution is -2.28. The molecule has 0 radical (unpaired) electrons. The van der Waals surface area contributed by atoms with E-state index in [1.54, 1.807) is 0 Å². The number of rotatable bonds is 0. The van der Waals surface area contributed by atoms with Gasteiger partial charge in [0.25, 0.3) is 0 Å². The van der Waals surface area contributed by atoms with Gasteiger partial charge in [0.2, 0.25) is 0 Å². The largest absolute Gasteiger partial charge is 0.398 e. The summed E-state index contributed by atoms with van der Waals surface area (Å²) in [6.07, 6.45) is 4.78. The summed E-state index contributed by atoms with van der Waals surface area (Å²) in [5.41, 5.74) is 11.5. The molecule has 2 heterocycles. The van der Waals surface area contributed by atoms with Crippen molar-refractivity contribution in [3.05, 3.63) is 16.8 Å². The van der Waals surface area contributed by atoms with Crippen LogP contribution in [-0.4, -0.2) is 13.8 Å². The van der Waals surface area contributed by atoms with Gasteiger partial charge in [-0.05, 0) is 36.8 Å². The summed E-state index contributed by atoms with van der Waals surface area (Å²) in [6.45, 7) is 2.40. The highest BCUT2D eigenvalue weighted by molar-refractivity contribution is 6.73. The molecule has 1 aromatic heterocycles. The lowest BCUT2D eigenvalue weighted by Gasteiger charge is -2.10. The summed E-state index contributed by atoms with van der Waals surface area (Å²) in [4.78, 5) is 4.86. The number of nitrogen functional groups attached to an aromatic ring is 1. The number of hydrogen-bond acceptors (Lipinski definition) is 2. The van der Waals surface area contributed by atoms with E-state index in [-0.39, 0.29) is 0 Å². The van der Waals surface area contributed by atoms with Crippen molar-refractivity contribution in [2.24, 2.45) is 0 Å². The molecule has 0 aromatic carbocycles. The van der Waals surface area contributed by atoms with Crippen LogP contribution >= 0.6 is 0 Å². The average molecular weight is 204 g/mol. The minimum Gasteiger partial charge on any atom is -0.398 e. The molecule has 0 bridgehead atoms. The van der Waals surface area contributed by atoms with Gasteiger partial charge in [-0.25, -0.2) is 0 Å². The summed E-state index contributed by atoms with van der Waals surface area (Å²) in [5, 5.41) is 1.43. The third kappa shape index (κ3) is 0.989. The van der Waals surface area contributed by atoms with Crippen LogP contribution in [0.15, 0.2) is 0 Å². The normalized spacial score (nSPS) is 23.6. The van der Waals surface area contributed by atoms with Crippen molar-refractivity contribution in [3.8, 4) is 0 Å². The molecule has 0 saturated heterocycles. The van der Waals surface area contributed by atoms with Gasteiger partial charge in [0, 0.05) is 16.7 Å². The molecule has 0 fully saturated rings. The van der Waals surface area contributed by atoms with Crippen LogP contribution in [0, 0.1) is 0 Å². The van der Waals surface area contributed by atoms with E-state index >= 15 is 0 Å². The maximum absolute atomic E-state index is 6.23. The number of pyridine rings is 1. The summed E-state index contributed by atoms with van der Waals surface area (Å²) < 4.78 is 0. The second-order valence-corrected chi connectivity index (χ2v) is 7.53. The fourth-order valence-corrected chi connectivity index (χ4v) is 5.11. The molecule has 0 saturated carbocycles. The van der Waals surface area contributed by atoms with Crippen molar-refractivity contribution in [1.29, 1.82) is 0 Å². The monoisotopic (exact) mass is 204 g/mol. The van der Waals surface area contributed by atoms with E-state index in [9.17, 15) is 0 Å². The Morgan fingerprint density at radius 2 is 2.07 bits per heavy atom. The second-order valence-electron chi connectivity index (χ2n) is 4.61. The second kappa shape index (κ2) is 2.83. The van der Waals surface area contributed by atoms with Crippen molar-refractivity contribution >= 4 is 19.8 Å². The maximum Gasteiger partial charge on any atom is 0.0922 e. The first-order chi connectivity index (χ1) is 6.77. The number of aromatic nitrogens is 1. The van der Waals surface area contributed by atoms with Gasteiger partial charge in [-0.15, -0.1) is 0 Å². The number of hydrogen-bond donors (Lipinski definition) is 1. The Hall–Kier alpha value is -0.833. The van der Waals surface area contributed by atoms with Crippen molar-refractivity contribution in [3.63, 3.8) is 0 Å². The van der Waals surface area contributed by atoms with E-state index in [4.69, 9.17) is 10.7 Å². The predicted molar refractivity (Wildman–Crippen MR) is 61.8 cm³/mol. The van der Waals surface area contributed by atoms with Crippen LogP contribution in [0.25, 0.3) is 0 Å². The molecule has 3 rings (SSSR count). The highest BCUT2D eigenvalue weighted by Gasteiger charge is 2.28. The quantitative estimate of drug-likeness (QED) is 0.634. The fourth-order valence-electron chi connectivity index (χ4n) is 2.84. The Labute approximate surface area is 86.1 Å². The number of nitrogens with zero attached hydrogens (tertiary/aromatic N) is 1. The molecule has 2 N–H and O–H groups in total. The van der Waals surface area contributed by atoms with E-state index in [0.717, 1.165) is 18.5 Å². The van der Waals surface area contributed by atoms with Gasteiger partial charge in [0.15, 0.2) is 0 Å². The molecule has 1 aliphatic carbocycles. The molecule has 0 spiro atoms. The van der Waals surface area contributed by atoms with Gasteiger partial charge in [0.05, 0.1) is 8.80 Å². The number of nitrogens with two attached hydrogens (primary N) is 1. The van der Waals surface area contributed by atoms with E-state index in [1.807, 2.05) is 0 Å². The SMILES string of the molecule is C[Si@H]1CCc2c1nc1c(c2N)CCC1. The van der Waals surface area contributed by atoms with Crippen LogP contribution in [0.1, 0.15) is 23.2 Å². The molecule has 74 valence electrons. The van der Waals surface area contributed by atoms with Crippen LogP contribution in [-0.2, 0) is 19.3 Å². The Morgan fingerprint density at radius 1 is 1.21 bits per heavy atom. The molecular weight excluding hydrogens is 188 g/mol. The van der Waals surface area contributed by atoms with Gasteiger partial charge in [-0.3, -0.25) is 4.98 Å². The molecule has 0 amide bonds.